The molecule has 0 N–H and O–H groups in total. The Bertz CT molecular complexity index is 161. The molecule has 0 aliphatic heterocycles. The van der Waals surface area contributed by atoms with Gasteiger partial charge in [-0.3, -0.25) is 0 Å². The van der Waals surface area contributed by atoms with E-state index in [4.69, 9.17) is 0 Å². The molecule has 5 unspecified atom stereocenters. The van der Waals surface area contributed by atoms with E-state index in [2.05, 4.69) is 20.8 Å². The van der Waals surface area contributed by atoms with Crippen molar-refractivity contribution < 1.29 is 0 Å². The molecule has 2 aliphatic carbocycles. The first-order valence-corrected chi connectivity index (χ1v) is 5.72. The molecule has 12 heavy (non-hydrogen) atoms. The second-order valence-corrected chi connectivity index (χ2v) is 5.25. The van der Waals surface area contributed by atoms with Crippen molar-refractivity contribution in [1.82, 2.24) is 0 Å². The first kappa shape index (κ1) is 8.59. The maximum absolute atomic E-state index is 2.43. The van der Waals surface area contributed by atoms with Gasteiger partial charge in [-0.05, 0) is 48.9 Å². The summed E-state index contributed by atoms with van der Waals surface area (Å²) in [7, 11) is 0. The van der Waals surface area contributed by atoms with Crippen molar-refractivity contribution in [2.75, 3.05) is 0 Å². The Morgan fingerprint density at radius 2 is 1.92 bits per heavy atom. The Morgan fingerprint density at radius 1 is 1.25 bits per heavy atom. The summed E-state index contributed by atoms with van der Waals surface area (Å²) in [5.74, 6) is 5.45. The zero-order chi connectivity index (χ0) is 8.72. The van der Waals surface area contributed by atoms with Gasteiger partial charge in [0.1, 0.15) is 0 Å². The molecule has 0 nitrogen and oxygen atoms in total. The smallest absolute Gasteiger partial charge is 0.0357 e. The minimum atomic E-state index is 1.00. The summed E-state index contributed by atoms with van der Waals surface area (Å²) < 4.78 is 0. The monoisotopic (exact) mass is 166 g/mol. The van der Waals surface area contributed by atoms with Crippen LogP contribution in [0.5, 0.6) is 0 Å². The topological polar surface area (TPSA) is 0 Å². The summed E-state index contributed by atoms with van der Waals surface area (Å²) in [6.45, 7) is 7.17. The molecule has 0 aromatic rings. The van der Waals surface area contributed by atoms with Gasteiger partial charge in [-0.25, -0.2) is 0 Å². The van der Waals surface area contributed by atoms with Crippen LogP contribution in [0, 0.1) is 29.6 Å². The Labute approximate surface area is 76.7 Å². The van der Waals surface area contributed by atoms with Crippen molar-refractivity contribution >= 4 is 0 Å². The second kappa shape index (κ2) is 3.05. The third-order valence-corrected chi connectivity index (χ3v) is 4.23. The van der Waals surface area contributed by atoms with Gasteiger partial charge < -0.3 is 0 Å². The highest BCUT2D eigenvalue weighted by Crippen LogP contribution is 2.54. The van der Waals surface area contributed by atoms with Crippen molar-refractivity contribution in [3.8, 4) is 0 Å². The standard InChI is InChI=1S/C12H22/c1-4-8(2)12-7-11(12)6-10-5-9(10)3/h8-12H,4-7H2,1-3H3. The fourth-order valence-corrected chi connectivity index (χ4v) is 2.66. The molecule has 0 saturated heterocycles. The first-order valence-electron chi connectivity index (χ1n) is 5.72. The van der Waals surface area contributed by atoms with Gasteiger partial charge in [0.25, 0.3) is 0 Å². The highest BCUT2D eigenvalue weighted by Gasteiger charge is 2.45. The van der Waals surface area contributed by atoms with Gasteiger partial charge >= 0.3 is 0 Å². The molecule has 0 heteroatoms. The lowest BCUT2D eigenvalue weighted by Gasteiger charge is -2.06. The van der Waals surface area contributed by atoms with Crippen LogP contribution in [0.1, 0.15) is 46.5 Å². The van der Waals surface area contributed by atoms with Crippen molar-refractivity contribution in [3.63, 3.8) is 0 Å². The average molecular weight is 166 g/mol. The predicted molar refractivity (Wildman–Crippen MR) is 52.9 cm³/mol. The van der Waals surface area contributed by atoms with Crippen LogP contribution in [0.4, 0.5) is 0 Å². The van der Waals surface area contributed by atoms with Crippen LogP contribution >= 0.6 is 0 Å². The van der Waals surface area contributed by atoms with E-state index >= 15 is 0 Å². The summed E-state index contributed by atoms with van der Waals surface area (Å²) in [5, 5.41) is 0. The van der Waals surface area contributed by atoms with E-state index in [0.717, 1.165) is 29.6 Å². The normalized spacial score (nSPS) is 47.2. The Morgan fingerprint density at radius 3 is 2.42 bits per heavy atom. The van der Waals surface area contributed by atoms with Gasteiger partial charge in [-0.2, -0.15) is 0 Å². The summed E-state index contributed by atoms with van der Waals surface area (Å²) in [6, 6.07) is 0. The minimum absolute atomic E-state index is 1.00. The zero-order valence-corrected chi connectivity index (χ0v) is 8.72. The highest BCUT2D eigenvalue weighted by molar-refractivity contribution is 4.95. The fraction of sp³-hybridized carbons (Fsp3) is 1.00. The quantitative estimate of drug-likeness (QED) is 0.597. The molecular weight excluding hydrogens is 144 g/mol. The lowest BCUT2D eigenvalue weighted by molar-refractivity contribution is 0.440. The summed E-state index contributed by atoms with van der Waals surface area (Å²) in [5.41, 5.74) is 0. The second-order valence-electron chi connectivity index (χ2n) is 5.25. The lowest BCUT2D eigenvalue weighted by atomic mass is 10.00. The molecule has 0 heterocycles. The fourth-order valence-electron chi connectivity index (χ4n) is 2.66. The van der Waals surface area contributed by atoms with Crippen LogP contribution in [-0.2, 0) is 0 Å². The van der Waals surface area contributed by atoms with Crippen LogP contribution in [-0.4, -0.2) is 0 Å². The maximum atomic E-state index is 2.43. The average Bonchev–Trinajstić information content (AvgIpc) is 2.92. The van der Waals surface area contributed by atoms with E-state index in [1.165, 1.54) is 12.8 Å². The molecule has 2 aliphatic rings. The number of hydrogen-bond acceptors (Lipinski definition) is 0. The van der Waals surface area contributed by atoms with Crippen molar-refractivity contribution in [2.45, 2.75) is 46.5 Å². The molecule has 0 aromatic heterocycles. The van der Waals surface area contributed by atoms with Crippen LogP contribution < -0.4 is 0 Å². The van der Waals surface area contributed by atoms with Gasteiger partial charge in [0.15, 0.2) is 0 Å². The molecule has 0 spiro atoms. The van der Waals surface area contributed by atoms with Gasteiger partial charge in [0.2, 0.25) is 0 Å². The molecular formula is C12H22. The lowest BCUT2D eigenvalue weighted by Crippen LogP contribution is -1.97. The van der Waals surface area contributed by atoms with Gasteiger partial charge in [0.05, 0.1) is 0 Å². The van der Waals surface area contributed by atoms with Gasteiger partial charge in [0, 0.05) is 0 Å². The van der Waals surface area contributed by atoms with E-state index in [9.17, 15) is 0 Å². The predicted octanol–water partition coefficient (Wildman–Crippen LogP) is 3.71. The van der Waals surface area contributed by atoms with Crippen LogP contribution in [0.25, 0.3) is 0 Å². The van der Waals surface area contributed by atoms with Gasteiger partial charge in [-0.15, -0.1) is 0 Å². The van der Waals surface area contributed by atoms with E-state index in [1.807, 2.05) is 0 Å². The number of rotatable bonds is 4. The maximum Gasteiger partial charge on any atom is -0.0357 e. The Balaban J connectivity index is 1.67. The minimum Gasteiger partial charge on any atom is -0.0651 e. The van der Waals surface area contributed by atoms with Gasteiger partial charge in [-0.1, -0.05) is 27.2 Å². The summed E-state index contributed by atoms with van der Waals surface area (Å²) in [6.07, 6.45) is 6.04. The third-order valence-electron chi connectivity index (χ3n) is 4.23. The van der Waals surface area contributed by atoms with E-state index in [-0.39, 0.29) is 0 Å². The van der Waals surface area contributed by atoms with E-state index in [0.29, 0.717) is 0 Å². The SMILES string of the molecule is CCC(C)C1CC1CC1CC1C. The van der Waals surface area contributed by atoms with Crippen LogP contribution in [0.2, 0.25) is 0 Å². The molecule has 2 rings (SSSR count). The molecule has 0 amide bonds. The molecule has 2 fully saturated rings. The molecule has 70 valence electrons. The molecule has 0 aromatic carbocycles. The summed E-state index contributed by atoms with van der Waals surface area (Å²) >= 11 is 0. The first-order chi connectivity index (χ1) is 5.72. The van der Waals surface area contributed by atoms with Crippen LogP contribution in [0.3, 0.4) is 0 Å². The van der Waals surface area contributed by atoms with E-state index < -0.39 is 0 Å². The Hall–Kier alpha value is 0. The Kier molecular flexibility index (Phi) is 2.18. The van der Waals surface area contributed by atoms with Crippen molar-refractivity contribution in [2.24, 2.45) is 29.6 Å². The number of hydrogen-bond donors (Lipinski definition) is 0. The van der Waals surface area contributed by atoms with Crippen molar-refractivity contribution in [3.05, 3.63) is 0 Å². The van der Waals surface area contributed by atoms with Crippen molar-refractivity contribution in [1.29, 1.82) is 0 Å². The third kappa shape index (κ3) is 1.67. The highest BCUT2D eigenvalue weighted by atomic mass is 14.5. The zero-order valence-electron chi connectivity index (χ0n) is 8.72. The molecule has 5 atom stereocenters. The molecule has 0 radical (unpaired) electrons. The molecule has 0 bridgehead atoms. The van der Waals surface area contributed by atoms with Crippen LogP contribution in [0.15, 0.2) is 0 Å². The molecule has 2 saturated carbocycles. The largest absolute Gasteiger partial charge is 0.0651 e. The summed E-state index contributed by atoms with van der Waals surface area (Å²) in [4.78, 5) is 0. The van der Waals surface area contributed by atoms with E-state index in [1.54, 1.807) is 12.8 Å².